The lowest BCUT2D eigenvalue weighted by Crippen LogP contribution is -2.14. The second-order valence-electron chi connectivity index (χ2n) is 3.48. The van der Waals surface area contributed by atoms with Crippen molar-refractivity contribution in [1.82, 2.24) is 15.0 Å². The molecule has 0 radical (unpaired) electrons. The first-order valence-electron chi connectivity index (χ1n) is 5.09. The molecule has 0 spiro atoms. The van der Waals surface area contributed by atoms with Gasteiger partial charge in [-0.1, -0.05) is 26.2 Å². The molecule has 1 rings (SSSR count). The van der Waals surface area contributed by atoms with E-state index in [-0.39, 0.29) is 6.04 Å². The number of nitrogens with zero attached hydrogens (tertiary/aromatic N) is 1. The number of hydrogen-bond acceptors (Lipinski definition) is 4. The van der Waals surface area contributed by atoms with E-state index in [0.29, 0.717) is 15.4 Å². The van der Waals surface area contributed by atoms with E-state index < -0.39 is 0 Å². The van der Waals surface area contributed by atoms with Crippen LogP contribution in [0, 0.1) is 9.54 Å². The van der Waals surface area contributed by atoms with Crippen LogP contribution in [0.1, 0.15) is 44.5 Å². The lowest BCUT2D eigenvalue weighted by atomic mass is 10.1. The number of unbranched alkanes of at least 4 members (excludes halogenated alkanes) is 2. The molecule has 1 heterocycles. The highest BCUT2D eigenvalue weighted by atomic mass is 32.1. The second-order valence-corrected chi connectivity index (χ2v) is 4.28. The highest BCUT2D eigenvalue weighted by molar-refractivity contribution is 7.71. The van der Waals surface area contributed by atoms with Gasteiger partial charge < -0.3 is 15.7 Å². The number of hydrogen-bond donors (Lipinski definition) is 3. The third kappa shape index (κ3) is 4.19. The highest BCUT2D eigenvalue weighted by Gasteiger charge is 2.07. The van der Waals surface area contributed by atoms with E-state index in [1.165, 1.54) is 12.8 Å². The van der Waals surface area contributed by atoms with Crippen LogP contribution in [-0.4, -0.2) is 15.0 Å². The van der Waals surface area contributed by atoms with E-state index >= 15 is 0 Å². The van der Waals surface area contributed by atoms with Crippen molar-refractivity contribution in [3.63, 3.8) is 0 Å². The first-order chi connectivity index (χ1) is 7.13. The predicted molar refractivity (Wildman–Crippen MR) is 65.7 cm³/mol. The zero-order valence-corrected chi connectivity index (χ0v) is 10.4. The van der Waals surface area contributed by atoms with E-state index in [1.54, 1.807) is 0 Å². The van der Waals surface area contributed by atoms with Gasteiger partial charge in [-0.25, -0.2) is 4.98 Å². The summed E-state index contributed by atoms with van der Waals surface area (Å²) < 4.78 is 0.871. The summed E-state index contributed by atoms with van der Waals surface area (Å²) in [6.07, 6.45) is 4.38. The normalized spacial score (nSPS) is 12.7. The summed E-state index contributed by atoms with van der Waals surface area (Å²) in [6, 6.07) is -0.102. The fourth-order valence-electron chi connectivity index (χ4n) is 1.34. The van der Waals surface area contributed by atoms with Gasteiger partial charge in [0.1, 0.15) is 5.82 Å². The molecule has 1 atom stereocenters. The van der Waals surface area contributed by atoms with Gasteiger partial charge in [0, 0.05) is 0 Å². The molecule has 0 aliphatic rings. The SMILES string of the molecule is CCCCCC(N)c1nc(=S)[nH]c(=S)[nH]1. The van der Waals surface area contributed by atoms with Gasteiger partial charge in [0.15, 0.2) is 4.77 Å². The molecule has 1 aromatic rings. The molecule has 0 bridgehead atoms. The van der Waals surface area contributed by atoms with Gasteiger partial charge in [0.05, 0.1) is 6.04 Å². The summed E-state index contributed by atoms with van der Waals surface area (Å²) >= 11 is 9.90. The topological polar surface area (TPSA) is 70.5 Å². The Morgan fingerprint density at radius 3 is 2.67 bits per heavy atom. The molecular formula is C9H16N4S2. The van der Waals surface area contributed by atoms with Crippen molar-refractivity contribution >= 4 is 24.4 Å². The van der Waals surface area contributed by atoms with Gasteiger partial charge in [0.2, 0.25) is 4.77 Å². The largest absolute Gasteiger partial charge is 0.321 e. The maximum absolute atomic E-state index is 5.97. The fourth-order valence-corrected chi connectivity index (χ4v) is 1.80. The molecule has 4 nitrogen and oxygen atoms in total. The number of rotatable bonds is 5. The van der Waals surface area contributed by atoms with Crippen molar-refractivity contribution < 1.29 is 0 Å². The average molecular weight is 244 g/mol. The minimum absolute atomic E-state index is 0.102. The first-order valence-corrected chi connectivity index (χ1v) is 5.91. The Balaban J connectivity index is 2.69. The lowest BCUT2D eigenvalue weighted by molar-refractivity contribution is 0.554. The summed E-state index contributed by atoms with van der Waals surface area (Å²) in [5, 5.41) is 0. The molecular weight excluding hydrogens is 228 g/mol. The molecule has 0 saturated carbocycles. The van der Waals surface area contributed by atoms with Crippen LogP contribution >= 0.6 is 24.4 Å². The molecule has 1 aromatic heterocycles. The molecule has 0 aromatic carbocycles. The van der Waals surface area contributed by atoms with Gasteiger partial charge in [-0.05, 0) is 30.9 Å². The maximum Gasteiger partial charge on any atom is 0.200 e. The molecule has 15 heavy (non-hydrogen) atoms. The monoisotopic (exact) mass is 244 g/mol. The van der Waals surface area contributed by atoms with E-state index in [2.05, 4.69) is 21.9 Å². The predicted octanol–water partition coefficient (Wildman–Crippen LogP) is 2.78. The van der Waals surface area contributed by atoms with Crippen LogP contribution in [-0.2, 0) is 0 Å². The Labute approximate surface area is 99.3 Å². The molecule has 4 N–H and O–H groups in total. The highest BCUT2D eigenvalue weighted by Crippen LogP contribution is 2.12. The zero-order chi connectivity index (χ0) is 11.3. The number of aromatic amines is 2. The van der Waals surface area contributed by atoms with Crippen LogP contribution in [0.25, 0.3) is 0 Å². The van der Waals surface area contributed by atoms with E-state index in [9.17, 15) is 0 Å². The molecule has 6 heteroatoms. The summed E-state index contributed by atoms with van der Waals surface area (Å²) in [4.78, 5) is 9.80. The van der Waals surface area contributed by atoms with Gasteiger partial charge >= 0.3 is 0 Å². The van der Waals surface area contributed by atoms with Crippen molar-refractivity contribution in [2.45, 2.75) is 38.6 Å². The Morgan fingerprint density at radius 2 is 2.07 bits per heavy atom. The van der Waals surface area contributed by atoms with Crippen molar-refractivity contribution in [1.29, 1.82) is 0 Å². The van der Waals surface area contributed by atoms with Crippen LogP contribution in [0.4, 0.5) is 0 Å². The number of aromatic nitrogens is 3. The molecule has 0 aliphatic heterocycles. The summed E-state index contributed by atoms with van der Waals surface area (Å²) in [6.45, 7) is 2.16. The van der Waals surface area contributed by atoms with Crippen LogP contribution in [0.2, 0.25) is 0 Å². The zero-order valence-electron chi connectivity index (χ0n) is 8.75. The average Bonchev–Trinajstić information content (AvgIpc) is 2.16. The van der Waals surface area contributed by atoms with Crippen molar-refractivity contribution in [2.75, 3.05) is 0 Å². The third-order valence-electron chi connectivity index (χ3n) is 2.15. The van der Waals surface area contributed by atoms with Crippen LogP contribution in [0.15, 0.2) is 0 Å². The minimum atomic E-state index is -0.102. The number of H-pyrrole nitrogens is 2. The molecule has 0 amide bonds. The van der Waals surface area contributed by atoms with Crippen LogP contribution in [0.5, 0.6) is 0 Å². The number of nitrogens with one attached hydrogen (secondary N) is 2. The first kappa shape index (κ1) is 12.5. The van der Waals surface area contributed by atoms with Crippen LogP contribution < -0.4 is 5.73 Å². The molecule has 0 fully saturated rings. The smallest absolute Gasteiger partial charge is 0.200 e. The quantitative estimate of drug-likeness (QED) is 0.550. The lowest BCUT2D eigenvalue weighted by Gasteiger charge is -2.09. The van der Waals surface area contributed by atoms with E-state index in [0.717, 1.165) is 12.8 Å². The molecule has 0 aliphatic carbocycles. The summed E-state index contributed by atoms with van der Waals surface area (Å²) in [5.41, 5.74) is 5.97. The van der Waals surface area contributed by atoms with Gasteiger partial charge in [-0.2, -0.15) is 0 Å². The summed E-state index contributed by atoms with van der Waals surface area (Å²) in [5.74, 6) is 0.680. The van der Waals surface area contributed by atoms with Gasteiger partial charge in [-0.3, -0.25) is 0 Å². The summed E-state index contributed by atoms with van der Waals surface area (Å²) in [7, 11) is 0. The fraction of sp³-hybridized carbons (Fsp3) is 0.667. The number of nitrogens with two attached hydrogens (primary N) is 1. The maximum atomic E-state index is 5.97. The van der Waals surface area contributed by atoms with Gasteiger partial charge in [0.25, 0.3) is 0 Å². The van der Waals surface area contributed by atoms with E-state index in [1.807, 2.05) is 0 Å². The van der Waals surface area contributed by atoms with Crippen molar-refractivity contribution in [2.24, 2.45) is 5.73 Å². The van der Waals surface area contributed by atoms with E-state index in [4.69, 9.17) is 30.2 Å². The third-order valence-corrected chi connectivity index (χ3v) is 2.55. The Hall–Kier alpha value is -0.590. The molecule has 84 valence electrons. The van der Waals surface area contributed by atoms with Crippen molar-refractivity contribution in [3.8, 4) is 0 Å². The Morgan fingerprint density at radius 1 is 1.33 bits per heavy atom. The van der Waals surface area contributed by atoms with Crippen molar-refractivity contribution in [3.05, 3.63) is 15.4 Å². The van der Waals surface area contributed by atoms with Crippen LogP contribution in [0.3, 0.4) is 0 Å². The Bertz CT molecular complexity index is 381. The molecule has 0 saturated heterocycles. The Kier molecular flexibility index (Phi) is 5.07. The molecule has 1 unspecified atom stereocenters. The minimum Gasteiger partial charge on any atom is -0.321 e. The van der Waals surface area contributed by atoms with Gasteiger partial charge in [-0.15, -0.1) is 0 Å². The standard InChI is InChI=1S/C9H16N4S2/c1-2-3-4-5-6(10)7-11-8(14)13-9(15)12-7/h6H,2-5,10H2,1H3,(H2,11,12,13,14,15). The second kappa shape index (κ2) is 6.09.